The Labute approximate surface area is 382 Å². The summed E-state index contributed by atoms with van der Waals surface area (Å²) in [5.74, 6) is -2.93. The second kappa shape index (κ2) is 26.8. The van der Waals surface area contributed by atoms with Crippen LogP contribution in [0.4, 0.5) is 0 Å². The summed E-state index contributed by atoms with van der Waals surface area (Å²) in [5.41, 5.74) is 34.5. The lowest BCUT2D eigenvalue weighted by Crippen LogP contribution is -2.49. The van der Waals surface area contributed by atoms with Crippen molar-refractivity contribution in [2.75, 3.05) is 52.5 Å². The Hall–Kier alpha value is -6.91. The van der Waals surface area contributed by atoms with E-state index >= 15 is 0 Å². The molecule has 0 radical (unpaired) electrons. The van der Waals surface area contributed by atoms with Crippen molar-refractivity contribution in [2.45, 2.75) is 84.9 Å². The highest BCUT2D eigenvalue weighted by Crippen LogP contribution is 2.39. The van der Waals surface area contributed by atoms with Crippen LogP contribution in [0, 0.1) is 0 Å². The van der Waals surface area contributed by atoms with Gasteiger partial charge in [-0.25, -0.2) is 0 Å². The lowest BCUT2D eigenvalue weighted by molar-refractivity contribution is -0.130. The highest BCUT2D eigenvalue weighted by Gasteiger charge is 2.26. The fraction of sp³-hybridized carbons (Fsp3) is 0.477. The Balaban J connectivity index is 2.10. The highest BCUT2D eigenvalue weighted by atomic mass is 16.5. The van der Waals surface area contributed by atoms with E-state index in [0.717, 1.165) is 11.1 Å². The van der Waals surface area contributed by atoms with Gasteiger partial charge >= 0.3 is 0 Å². The number of amides is 4. The highest BCUT2D eigenvalue weighted by molar-refractivity contribution is 5.98. The SMILES string of the molecule is CC(C)=CCc1c(OCC(=O)NC(CCCN=C(N)N)C(=O)NCCN)cc2oc3cc(OCC(=O)NC(CCCN=C(N)N)C(=O)NCCN)c(CO)c(CC=C(C)C)c3c(=O)c2c1O. The summed E-state index contributed by atoms with van der Waals surface area (Å²) >= 11 is 0. The number of phenols is 1. The molecule has 2 atom stereocenters. The topological polar surface area (TPSA) is 386 Å². The van der Waals surface area contributed by atoms with Crippen molar-refractivity contribution in [3.63, 3.8) is 0 Å². The van der Waals surface area contributed by atoms with Gasteiger partial charge in [-0.05, 0) is 71.8 Å². The maximum Gasteiger partial charge on any atom is 0.258 e. The van der Waals surface area contributed by atoms with E-state index in [1.165, 1.54) is 12.1 Å². The molecule has 1 heterocycles. The van der Waals surface area contributed by atoms with Gasteiger partial charge in [0.1, 0.15) is 45.9 Å². The Kier molecular flexibility index (Phi) is 21.7. The fourth-order valence-electron chi connectivity index (χ4n) is 6.67. The summed E-state index contributed by atoms with van der Waals surface area (Å²) in [7, 11) is 0. The lowest BCUT2D eigenvalue weighted by Gasteiger charge is -2.20. The van der Waals surface area contributed by atoms with Crippen molar-refractivity contribution in [1.82, 2.24) is 21.3 Å². The first kappa shape index (κ1) is 53.4. The number of nitrogens with zero attached hydrogens (tertiary/aromatic N) is 2. The van der Waals surface area contributed by atoms with E-state index in [4.69, 9.17) is 48.3 Å². The minimum absolute atomic E-state index is 0.0109. The molecule has 0 fully saturated rings. The van der Waals surface area contributed by atoms with Crippen LogP contribution in [0.15, 0.2) is 54.6 Å². The number of carbonyl (C=O) groups excluding carboxylic acids is 4. The Morgan fingerprint density at radius 3 is 1.58 bits per heavy atom. The molecule has 4 amide bonds. The van der Waals surface area contributed by atoms with Crippen LogP contribution in [0.5, 0.6) is 17.2 Å². The molecule has 0 aliphatic rings. The van der Waals surface area contributed by atoms with E-state index in [1.54, 1.807) is 6.08 Å². The maximum absolute atomic E-state index is 14.6. The standard InChI is InChI=1S/C44H66N12O10/c1-24(2)9-11-26-28(21-57)32(65-23-36(59)56-30(42(63)52-18-14-46)8-6-16-54-44(49)50)20-33-37(26)40(61)38-34(66-33)19-31(27(39(38)60)12-10-25(3)4)64-22-35(58)55-29(41(62)51-17-13-45)7-5-15-53-43(47)48/h9-10,19-20,29-30,57,60H,5-8,11-18,21-23,45-46H2,1-4H3,(H,51,62)(H,52,63)(H,55,58)(H,56,59)(H4,47,48,53)(H4,49,50,54). The molecule has 0 bridgehead atoms. The van der Waals surface area contributed by atoms with Crippen molar-refractivity contribution in [1.29, 1.82) is 0 Å². The molecule has 0 spiro atoms. The Morgan fingerprint density at radius 1 is 0.712 bits per heavy atom. The van der Waals surface area contributed by atoms with E-state index in [-0.39, 0.29) is 121 Å². The van der Waals surface area contributed by atoms with Crippen LogP contribution in [0.2, 0.25) is 0 Å². The minimum Gasteiger partial charge on any atom is -0.507 e. The number of carbonyl (C=O) groups is 4. The molecule has 2 aromatic carbocycles. The number of rotatable bonds is 27. The third kappa shape index (κ3) is 16.3. The number of allylic oxidation sites excluding steroid dienone is 4. The maximum atomic E-state index is 14.6. The van der Waals surface area contributed by atoms with Gasteiger partial charge in [0.2, 0.25) is 17.2 Å². The minimum atomic E-state index is -0.977. The van der Waals surface area contributed by atoms with E-state index in [0.29, 0.717) is 18.4 Å². The summed E-state index contributed by atoms with van der Waals surface area (Å²) in [6.07, 6.45) is 4.98. The van der Waals surface area contributed by atoms with Crippen molar-refractivity contribution >= 4 is 57.5 Å². The third-order valence-corrected chi connectivity index (χ3v) is 9.86. The zero-order valence-corrected chi connectivity index (χ0v) is 38.1. The number of aliphatic hydroxyl groups excluding tert-OH is 1. The largest absolute Gasteiger partial charge is 0.507 e. The molecule has 22 heteroatoms. The molecule has 18 N–H and O–H groups in total. The average molecular weight is 923 g/mol. The number of guanidine groups is 2. The summed E-state index contributed by atoms with van der Waals surface area (Å²) in [6, 6.07) is 0.782. The lowest BCUT2D eigenvalue weighted by atomic mass is 9.95. The first-order valence-corrected chi connectivity index (χ1v) is 21.5. The zero-order valence-electron chi connectivity index (χ0n) is 38.1. The molecule has 2 unspecified atom stereocenters. The van der Waals surface area contributed by atoms with Gasteiger partial charge in [0, 0.05) is 62.5 Å². The quantitative estimate of drug-likeness (QED) is 0.0146. The molecule has 0 aliphatic heterocycles. The first-order chi connectivity index (χ1) is 31.4. The smallest absolute Gasteiger partial charge is 0.258 e. The number of benzene rings is 2. The molecule has 22 nitrogen and oxygen atoms in total. The van der Waals surface area contributed by atoms with Crippen LogP contribution in [0.1, 0.15) is 70.1 Å². The zero-order chi connectivity index (χ0) is 48.9. The second-order valence-electron chi connectivity index (χ2n) is 15.7. The van der Waals surface area contributed by atoms with Crippen molar-refractivity contribution in [2.24, 2.45) is 44.4 Å². The van der Waals surface area contributed by atoms with Gasteiger partial charge in [-0.3, -0.25) is 34.0 Å². The molecule has 66 heavy (non-hydrogen) atoms. The van der Waals surface area contributed by atoms with E-state index in [9.17, 15) is 34.2 Å². The van der Waals surface area contributed by atoms with Gasteiger partial charge in [-0.1, -0.05) is 23.3 Å². The molecule has 3 rings (SSSR count). The van der Waals surface area contributed by atoms with E-state index in [2.05, 4.69) is 31.3 Å². The number of hydrogen-bond acceptors (Lipinski definition) is 14. The summed E-state index contributed by atoms with van der Waals surface area (Å²) < 4.78 is 18.3. The van der Waals surface area contributed by atoms with Crippen LogP contribution < -0.4 is 70.6 Å². The number of fused-ring (bicyclic) bond motifs is 2. The van der Waals surface area contributed by atoms with Crippen LogP contribution in [-0.2, 0) is 38.6 Å². The normalized spacial score (nSPS) is 11.7. The predicted octanol–water partition coefficient (Wildman–Crippen LogP) is -0.854. The number of ether oxygens (including phenoxy) is 2. The molecule has 0 saturated carbocycles. The van der Waals surface area contributed by atoms with Gasteiger partial charge in [0.05, 0.1) is 12.0 Å². The Morgan fingerprint density at radius 2 is 1.15 bits per heavy atom. The predicted molar refractivity (Wildman–Crippen MR) is 253 cm³/mol. The molecule has 362 valence electrons. The number of hydrogen-bond donors (Lipinski definition) is 12. The van der Waals surface area contributed by atoms with Crippen LogP contribution in [0.25, 0.3) is 21.9 Å². The second-order valence-corrected chi connectivity index (χ2v) is 15.7. The van der Waals surface area contributed by atoms with E-state index < -0.39 is 66.7 Å². The van der Waals surface area contributed by atoms with Crippen molar-refractivity contribution in [3.05, 3.63) is 62.3 Å². The number of phenolic OH excluding ortho intramolecular Hbond substituents is 1. The number of nitrogens with two attached hydrogens (primary N) is 6. The number of aliphatic imine (C=N–C) groups is 2. The molecular weight excluding hydrogens is 857 g/mol. The Bertz CT molecular complexity index is 2360. The van der Waals surface area contributed by atoms with Crippen LogP contribution in [0.3, 0.4) is 0 Å². The first-order valence-electron chi connectivity index (χ1n) is 21.5. The van der Waals surface area contributed by atoms with Gasteiger partial charge < -0.3 is 79.8 Å². The van der Waals surface area contributed by atoms with E-state index in [1.807, 2.05) is 33.8 Å². The molecule has 1 aromatic heterocycles. The average Bonchev–Trinajstić information content (AvgIpc) is 3.26. The fourth-order valence-corrected chi connectivity index (χ4v) is 6.67. The number of aromatic hydroxyl groups is 1. The summed E-state index contributed by atoms with van der Waals surface area (Å²) in [6.45, 7) is 6.77. The van der Waals surface area contributed by atoms with Crippen LogP contribution in [-0.4, -0.2) is 110 Å². The third-order valence-electron chi connectivity index (χ3n) is 9.86. The summed E-state index contributed by atoms with van der Waals surface area (Å²) in [5, 5.41) is 33.1. The molecular formula is C44H66N12O10. The van der Waals surface area contributed by atoms with Gasteiger partial charge in [-0.2, -0.15) is 0 Å². The molecule has 3 aromatic rings. The number of nitrogens with one attached hydrogen (secondary N) is 4. The van der Waals surface area contributed by atoms with Crippen LogP contribution >= 0.6 is 0 Å². The van der Waals surface area contributed by atoms with Gasteiger partial charge in [-0.15, -0.1) is 0 Å². The van der Waals surface area contributed by atoms with Crippen molar-refractivity contribution < 1.29 is 43.3 Å². The monoisotopic (exact) mass is 923 g/mol. The molecule has 0 saturated heterocycles. The summed E-state index contributed by atoms with van der Waals surface area (Å²) in [4.78, 5) is 74.9. The molecule has 0 aliphatic carbocycles. The number of aliphatic hydroxyl groups is 1. The van der Waals surface area contributed by atoms with Gasteiger partial charge in [0.25, 0.3) is 11.8 Å². The van der Waals surface area contributed by atoms with Crippen molar-refractivity contribution in [3.8, 4) is 17.2 Å². The van der Waals surface area contributed by atoms with Gasteiger partial charge in [0.15, 0.2) is 25.1 Å².